The van der Waals surface area contributed by atoms with Crippen LogP contribution in [0.5, 0.6) is 0 Å². The average molecular weight is 683 g/mol. The summed E-state index contributed by atoms with van der Waals surface area (Å²) >= 11 is 4.28. The van der Waals surface area contributed by atoms with Gasteiger partial charge in [0, 0.05) is 31.7 Å². The number of H-pyrrole nitrogens is 1. The van der Waals surface area contributed by atoms with E-state index in [9.17, 15) is 9.36 Å². The second kappa shape index (κ2) is 13.3. The molecule has 3 aromatic rings. The molecule has 3 fully saturated rings. The lowest BCUT2D eigenvalue weighted by Crippen LogP contribution is -2.40. The molecule has 3 aliphatic heterocycles. The standard InChI is InChI=1S/C26H36N8O8P2S/c1-13(2)8-33(23-14(3)22(27-5)28-11-29-23)26-18-6-16(39-26)9-38-44(36,45)42-17-7-20(40-19(17)10-37-43-41-18)34-12-30-21-24(34)31-15(4)32-25(21)35/h8,11-12,16-20,26,43H,6-7,9-10H2,1-5H3,(H,36,45)(H,27,28,29)(H,31,32,35)/t16-,17-,18+,19?,20+,26+,44+/m0/s1. The zero-order valence-electron chi connectivity index (χ0n) is 25.4. The molecule has 0 saturated carbocycles. The van der Waals surface area contributed by atoms with Crippen LogP contribution in [0.2, 0.25) is 0 Å². The summed E-state index contributed by atoms with van der Waals surface area (Å²) in [5.41, 5.74) is 2.06. The molecule has 45 heavy (non-hydrogen) atoms. The van der Waals surface area contributed by atoms with Crippen molar-refractivity contribution in [3.05, 3.63) is 46.2 Å². The van der Waals surface area contributed by atoms with Gasteiger partial charge in [-0.25, -0.2) is 24.5 Å². The zero-order valence-corrected chi connectivity index (χ0v) is 28.2. The number of ether oxygens (including phenoxy) is 2. The van der Waals surface area contributed by atoms with E-state index in [1.807, 2.05) is 31.9 Å². The summed E-state index contributed by atoms with van der Waals surface area (Å²) < 4.78 is 51.8. The zero-order chi connectivity index (χ0) is 31.9. The predicted molar refractivity (Wildman–Crippen MR) is 169 cm³/mol. The van der Waals surface area contributed by atoms with Crippen LogP contribution in [0.4, 0.5) is 11.6 Å². The predicted octanol–water partition coefficient (Wildman–Crippen LogP) is 3.76. The van der Waals surface area contributed by atoms with Crippen molar-refractivity contribution in [2.45, 2.75) is 77.4 Å². The fourth-order valence-electron chi connectivity index (χ4n) is 5.63. The van der Waals surface area contributed by atoms with Crippen LogP contribution in [0.15, 0.2) is 29.2 Å². The molecule has 2 N–H and O–H groups in total. The number of aromatic nitrogens is 6. The summed E-state index contributed by atoms with van der Waals surface area (Å²) in [6.45, 7) is 3.72. The number of aryl methyl sites for hydroxylation is 1. The highest BCUT2D eigenvalue weighted by Crippen LogP contribution is 2.56. The van der Waals surface area contributed by atoms with Crippen molar-refractivity contribution in [2.24, 2.45) is 0 Å². The van der Waals surface area contributed by atoms with Crippen LogP contribution < -0.4 is 15.8 Å². The van der Waals surface area contributed by atoms with Crippen LogP contribution in [0.25, 0.3) is 11.2 Å². The van der Waals surface area contributed by atoms with E-state index < -0.39 is 43.7 Å². The van der Waals surface area contributed by atoms with Gasteiger partial charge in [0.25, 0.3) is 5.56 Å². The number of hydrogen-bond acceptors (Lipinski definition) is 14. The fraction of sp³-hybridized carbons (Fsp3) is 0.577. The van der Waals surface area contributed by atoms with Crippen molar-refractivity contribution in [3.8, 4) is 0 Å². The van der Waals surface area contributed by atoms with E-state index in [0.717, 1.165) is 11.1 Å². The van der Waals surface area contributed by atoms with Gasteiger partial charge in [0.1, 0.15) is 48.3 Å². The van der Waals surface area contributed by atoms with E-state index in [0.29, 0.717) is 29.5 Å². The molecule has 244 valence electrons. The molecule has 3 saturated heterocycles. The third kappa shape index (κ3) is 6.97. The summed E-state index contributed by atoms with van der Waals surface area (Å²) in [5.74, 6) is 1.78. The lowest BCUT2D eigenvalue weighted by molar-refractivity contribution is -0.0395. The minimum atomic E-state index is -3.87. The first-order valence-electron chi connectivity index (χ1n) is 14.4. The van der Waals surface area contributed by atoms with Gasteiger partial charge in [-0.1, -0.05) is 17.8 Å². The van der Waals surface area contributed by atoms with Crippen molar-refractivity contribution < 1.29 is 32.1 Å². The molecule has 19 heteroatoms. The lowest BCUT2D eigenvalue weighted by atomic mass is 10.2. The Balaban J connectivity index is 1.23. The minimum Gasteiger partial charge on any atom is -0.373 e. The third-order valence-corrected chi connectivity index (χ3v) is 9.92. The minimum absolute atomic E-state index is 0.0475. The van der Waals surface area contributed by atoms with E-state index in [-0.39, 0.29) is 39.7 Å². The van der Waals surface area contributed by atoms with Gasteiger partial charge in [-0.3, -0.25) is 18.4 Å². The van der Waals surface area contributed by atoms with Crippen molar-refractivity contribution in [1.29, 1.82) is 0 Å². The molecule has 0 aromatic carbocycles. The molecule has 16 nitrogen and oxygen atoms in total. The largest absolute Gasteiger partial charge is 0.386 e. The van der Waals surface area contributed by atoms with Crippen molar-refractivity contribution >= 4 is 50.9 Å². The number of hydrogen-bond donors (Lipinski definition) is 3. The fourth-order valence-corrected chi connectivity index (χ4v) is 7.81. The summed E-state index contributed by atoms with van der Waals surface area (Å²) in [5, 5.41) is 3.09. The second-order valence-electron chi connectivity index (χ2n) is 11.2. The highest BCUT2D eigenvalue weighted by atomic mass is 32.7. The Bertz CT molecular complexity index is 1690. The summed E-state index contributed by atoms with van der Waals surface area (Å²) in [4.78, 5) is 34.4. The number of thiol groups is 1. The highest BCUT2D eigenvalue weighted by Gasteiger charge is 2.45. The van der Waals surface area contributed by atoms with Crippen LogP contribution in [0.3, 0.4) is 0 Å². The van der Waals surface area contributed by atoms with Crippen LogP contribution in [0.1, 0.15) is 44.3 Å². The number of fused-ring (bicyclic) bond motifs is 4. The van der Waals surface area contributed by atoms with E-state index in [1.165, 1.54) is 12.7 Å². The van der Waals surface area contributed by atoms with Crippen molar-refractivity contribution in [1.82, 2.24) is 29.5 Å². The Morgan fingerprint density at radius 3 is 2.78 bits per heavy atom. The maximum absolute atomic E-state index is 13.5. The monoisotopic (exact) mass is 682 g/mol. The number of anilines is 2. The first-order chi connectivity index (χ1) is 21.5. The molecule has 0 amide bonds. The molecule has 3 aromatic heterocycles. The molecule has 8 atom stereocenters. The van der Waals surface area contributed by atoms with Gasteiger partial charge in [-0.2, -0.15) is 0 Å². The molecule has 6 rings (SSSR count). The number of allylic oxidation sites excluding steroid dienone is 1. The van der Waals surface area contributed by atoms with Gasteiger partial charge in [0.15, 0.2) is 26.4 Å². The molecular weight excluding hydrogens is 646 g/mol. The maximum atomic E-state index is 13.5. The topological polar surface area (TPSA) is 177 Å². The van der Waals surface area contributed by atoms with E-state index >= 15 is 0 Å². The van der Waals surface area contributed by atoms with Gasteiger partial charge < -0.3 is 33.7 Å². The normalized spacial score (nSPS) is 31.2. The van der Waals surface area contributed by atoms with Crippen LogP contribution in [0, 0.1) is 13.8 Å². The third-order valence-electron chi connectivity index (χ3n) is 7.60. The van der Waals surface area contributed by atoms with Crippen LogP contribution in [-0.2, 0) is 32.1 Å². The molecule has 0 radical (unpaired) electrons. The molecular formula is C26H36N8O8P2S. The number of nitrogens with one attached hydrogen (secondary N) is 2. The van der Waals surface area contributed by atoms with Gasteiger partial charge in [-0.15, -0.1) is 0 Å². The van der Waals surface area contributed by atoms with Gasteiger partial charge in [-0.05, 0) is 27.7 Å². The average Bonchev–Trinajstić information content (AvgIpc) is 3.70. The van der Waals surface area contributed by atoms with E-state index in [1.54, 1.807) is 18.5 Å². The van der Waals surface area contributed by atoms with Crippen molar-refractivity contribution in [2.75, 3.05) is 30.5 Å². The van der Waals surface area contributed by atoms with Crippen LogP contribution in [-0.4, -0.2) is 80.4 Å². The lowest BCUT2D eigenvalue weighted by Gasteiger charge is -2.32. The molecule has 3 aliphatic rings. The smallest absolute Gasteiger partial charge is 0.373 e. The molecule has 2 bridgehead atoms. The molecule has 0 aliphatic carbocycles. The molecule has 6 heterocycles. The quantitative estimate of drug-likeness (QED) is 0.262. The molecule has 2 unspecified atom stereocenters. The van der Waals surface area contributed by atoms with Gasteiger partial charge in [0.05, 0.1) is 25.6 Å². The Kier molecular flexibility index (Phi) is 9.63. The van der Waals surface area contributed by atoms with Gasteiger partial charge in [0.2, 0.25) is 0 Å². The number of rotatable bonds is 5. The maximum Gasteiger partial charge on any atom is 0.386 e. The first-order valence-corrected chi connectivity index (χ1v) is 17.9. The highest BCUT2D eigenvalue weighted by molar-refractivity contribution is 8.44. The first kappa shape index (κ1) is 32.5. The van der Waals surface area contributed by atoms with E-state index in [4.69, 9.17) is 27.6 Å². The summed E-state index contributed by atoms with van der Waals surface area (Å²) in [6, 6.07) is 0. The van der Waals surface area contributed by atoms with Crippen molar-refractivity contribution in [3.63, 3.8) is 0 Å². The Morgan fingerprint density at radius 1 is 1.18 bits per heavy atom. The summed E-state index contributed by atoms with van der Waals surface area (Å²) in [7, 11) is 1.44. The summed E-state index contributed by atoms with van der Waals surface area (Å²) in [6.07, 6.45) is 2.13. The van der Waals surface area contributed by atoms with E-state index in [2.05, 4.69) is 42.5 Å². The number of aromatic amines is 1. The van der Waals surface area contributed by atoms with Crippen LogP contribution >= 0.6 is 28.1 Å². The second-order valence-corrected chi connectivity index (χ2v) is 14.8. The Morgan fingerprint density at radius 2 is 2.00 bits per heavy atom. The Labute approximate surface area is 266 Å². The Hall–Kier alpha value is -2.46. The number of nitrogens with zero attached hydrogens (tertiary/aromatic N) is 6. The SMILES string of the molecule is CNc1ncnc(N(C=C(C)C)[C@@H]2O[C@@H]3CO[P@@](=O)(S)O[C@H]4C[C@H](n5cnc6c(=O)[nH]c(C)nc65)OC4COPO[C@@H]2C3)c1C. The molecule has 0 spiro atoms. The number of imidazole rings is 1. The van der Waals surface area contributed by atoms with Gasteiger partial charge >= 0.3 is 6.80 Å².